The van der Waals surface area contributed by atoms with Crippen molar-refractivity contribution >= 4 is 5.69 Å². The highest BCUT2D eigenvalue weighted by atomic mass is 15.2. The molecule has 1 aliphatic carbocycles. The first kappa shape index (κ1) is 13.9. The lowest BCUT2D eigenvalue weighted by Gasteiger charge is -2.41. The van der Waals surface area contributed by atoms with Gasteiger partial charge >= 0.3 is 0 Å². The molecule has 0 aromatic heterocycles. The zero-order valence-corrected chi connectivity index (χ0v) is 12.9. The first-order valence-electron chi connectivity index (χ1n) is 8.25. The van der Waals surface area contributed by atoms with Gasteiger partial charge in [0.15, 0.2) is 0 Å². The molecule has 3 rings (SSSR count). The van der Waals surface area contributed by atoms with Crippen molar-refractivity contribution in [3.05, 3.63) is 30.3 Å². The van der Waals surface area contributed by atoms with Crippen LogP contribution in [0.25, 0.3) is 0 Å². The molecule has 2 unspecified atom stereocenters. The Bertz CT molecular complexity index is 411. The minimum atomic E-state index is 0.664. The molecule has 0 amide bonds. The predicted octanol–water partition coefficient (Wildman–Crippen LogP) is 3.54. The van der Waals surface area contributed by atoms with Gasteiger partial charge in [-0.2, -0.15) is 0 Å². The number of hydrogen-bond donors (Lipinski definition) is 1. The lowest BCUT2D eigenvalue weighted by Crippen LogP contribution is -2.50. The molecular weight excluding hydrogens is 244 g/mol. The lowest BCUT2D eigenvalue weighted by molar-refractivity contribution is 0.271. The molecule has 1 aromatic rings. The Kier molecular flexibility index (Phi) is 4.30. The standard InChI is InChI=1S/C18H28N2/c1-14(2)16-10-17(19-11-15-8-9-15)13-20(12-16)18-6-4-3-5-7-18/h3-7,14-17,19H,8-13H2,1-2H3. The normalized spacial score (nSPS) is 27.1. The van der Waals surface area contributed by atoms with Gasteiger partial charge in [0.25, 0.3) is 0 Å². The summed E-state index contributed by atoms with van der Waals surface area (Å²) in [6.07, 6.45) is 4.22. The van der Waals surface area contributed by atoms with E-state index >= 15 is 0 Å². The van der Waals surface area contributed by atoms with Crippen LogP contribution in [-0.2, 0) is 0 Å². The third kappa shape index (κ3) is 3.54. The Balaban J connectivity index is 1.66. The van der Waals surface area contributed by atoms with Gasteiger partial charge in [0.2, 0.25) is 0 Å². The van der Waals surface area contributed by atoms with Crippen LogP contribution in [0.2, 0.25) is 0 Å². The van der Waals surface area contributed by atoms with Gasteiger partial charge in [-0.3, -0.25) is 0 Å². The summed E-state index contributed by atoms with van der Waals surface area (Å²) in [6, 6.07) is 11.6. The lowest BCUT2D eigenvalue weighted by atomic mass is 9.85. The Morgan fingerprint density at radius 3 is 2.55 bits per heavy atom. The van der Waals surface area contributed by atoms with Gasteiger partial charge in [-0.05, 0) is 55.7 Å². The highest BCUT2D eigenvalue weighted by Crippen LogP contribution is 2.30. The highest BCUT2D eigenvalue weighted by Gasteiger charge is 2.30. The fraction of sp³-hybridized carbons (Fsp3) is 0.667. The van der Waals surface area contributed by atoms with Crippen LogP contribution in [0.5, 0.6) is 0 Å². The molecule has 2 fully saturated rings. The molecule has 1 saturated heterocycles. The van der Waals surface area contributed by atoms with Gasteiger partial charge < -0.3 is 10.2 Å². The van der Waals surface area contributed by atoms with Crippen molar-refractivity contribution in [1.29, 1.82) is 0 Å². The largest absolute Gasteiger partial charge is 0.370 e. The van der Waals surface area contributed by atoms with Crippen molar-refractivity contribution in [2.24, 2.45) is 17.8 Å². The molecule has 1 heterocycles. The van der Waals surface area contributed by atoms with E-state index in [-0.39, 0.29) is 0 Å². The van der Waals surface area contributed by atoms with E-state index in [9.17, 15) is 0 Å². The minimum Gasteiger partial charge on any atom is -0.370 e. The second-order valence-corrected chi connectivity index (χ2v) is 7.03. The number of anilines is 1. The van der Waals surface area contributed by atoms with E-state index in [4.69, 9.17) is 0 Å². The summed E-state index contributed by atoms with van der Waals surface area (Å²) in [6.45, 7) is 8.36. The van der Waals surface area contributed by atoms with Gasteiger partial charge in [-0.1, -0.05) is 32.0 Å². The predicted molar refractivity (Wildman–Crippen MR) is 86.1 cm³/mol. The molecule has 2 nitrogen and oxygen atoms in total. The fourth-order valence-electron chi connectivity index (χ4n) is 3.27. The molecule has 20 heavy (non-hydrogen) atoms. The Labute approximate surface area is 123 Å². The number of hydrogen-bond acceptors (Lipinski definition) is 2. The highest BCUT2D eigenvalue weighted by molar-refractivity contribution is 5.46. The summed E-state index contributed by atoms with van der Waals surface area (Å²) < 4.78 is 0. The maximum Gasteiger partial charge on any atom is 0.0366 e. The van der Waals surface area contributed by atoms with Crippen LogP contribution in [0.4, 0.5) is 5.69 Å². The molecule has 0 radical (unpaired) electrons. The average molecular weight is 272 g/mol. The number of piperidine rings is 1. The van der Waals surface area contributed by atoms with Crippen molar-refractivity contribution in [1.82, 2.24) is 5.32 Å². The van der Waals surface area contributed by atoms with Crippen LogP contribution in [0, 0.1) is 17.8 Å². The molecule has 1 saturated carbocycles. The van der Waals surface area contributed by atoms with Crippen molar-refractivity contribution in [3.8, 4) is 0 Å². The quantitative estimate of drug-likeness (QED) is 0.882. The monoisotopic (exact) mass is 272 g/mol. The third-order valence-corrected chi connectivity index (χ3v) is 4.94. The fourth-order valence-corrected chi connectivity index (χ4v) is 3.27. The van der Waals surface area contributed by atoms with Crippen LogP contribution in [0.3, 0.4) is 0 Å². The van der Waals surface area contributed by atoms with E-state index in [1.807, 2.05) is 0 Å². The number of benzene rings is 1. The Hall–Kier alpha value is -1.02. The van der Waals surface area contributed by atoms with Crippen LogP contribution in [0.1, 0.15) is 33.1 Å². The molecule has 1 aliphatic heterocycles. The number of para-hydroxylation sites is 1. The van der Waals surface area contributed by atoms with E-state index in [2.05, 4.69) is 54.4 Å². The van der Waals surface area contributed by atoms with Gasteiger partial charge in [0.05, 0.1) is 0 Å². The van der Waals surface area contributed by atoms with E-state index in [1.54, 1.807) is 0 Å². The summed E-state index contributed by atoms with van der Waals surface area (Å²) >= 11 is 0. The van der Waals surface area contributed by atoms with E-state index in [1.165, 1.54) is 44.6 Å². The average Bonchev–Trinajstić information content (AvgIpc) is 3.30. The minimum absolute atomic E-state index is 0.664. The maximum absolute atomic E-state index is 3.83. The summed E-state index contributed by atoms with van der Waals surface area (Å²) in [7, 11) is 0. The second kappa shape index (κ2) is 6.17. The summed E-state index contributed by atoms with van der Waals surface area (Å²) in [4.78, 5) is 2.58. The summed E-state index contributed by atoms with van der Waals surface area (Å²) in [5.74, 6) is 2.55. The van der Waals surface area contributed by atoms with Gasteiger partial charge in [0.1, 0.15) is 0 Å². The second-order valence-electron chi connectivity index (χ2n) is 7.03. The van der Waals surface area contributed by atoms with Crippen LogP contribution in [-0.4, -0.2) is 25.7 Å². The van der Waals surface area contributed by atoms with Gasteiger partial charge in [-0.15, -0.1) is 0 Å². The maximum atomic E-state index is 3.83. The molecule has 0 spiro atoms. The third-order valence-electron chi connectivity index (χ3n) is 4.94. The topological polar surface area (TPSA) is 15.3 Å². The van der Waals surface area contributed by atoms with E-state index in [0.717, 1.165) is 17.8 Å². The van der Waals surface area contributed by atoms with Crippen molar-refractivity contribution in [2.75, 3.05) is 24.5 Å². The van der Waals surface area contributed by atoms with Crippen LogP contribution in [0.15, 0.2) is 30.3 Å². The molecule has 110 valence electrons. The first-order chi connectivity index (χ1) is 9.72. The summed E-state index contributed by atoms with van der Waals surface area (Å²) in [5, 5.41) is 3.83. The van der Waals surface area contributed by atoms with E-state index < -0.39 is 0 Å². The Morgan fingerprint density at radius 2 is 1.90 bits per heavy atom. The molecular formula is C18H28N2. The van der Waals surface area contributed by atoms with Crippen LogP contribution < -0.4 is 10.2 Å². The van der Waals surface area contributed by atoms with Crippen LogP contribution >= 0.6 is 0 Å². The molecule has 2 aliphatic rings. The number of nitrogens with one attached hydrogen (secondary N) is 1. The van der Waals surface area contributed by atoms with Gasteiger partial charge in [0, 0.05) is 24.8 Å². The zero-order chi connectivity index (χ0) is 13.9. The zero-order valence-electron chi connectivity index (χ0n) is 12.9. The Morgan fingerprint density at radius 1 is 1.15 bits per heavy atom. The molecule has 2 atom stereocenters. The van der Waals surface area contributed by atoms with Gasteiger partial charge in [-0.25, -0.2) is 0 Å². The molecule has 2 heteroatoms. The SMILES string of the molecule is CC(C)C1CC(NCC2CC2)CN(c2ccccc2)C1. The molecule has 1 N–H and O–H groups in total. The smallest absolute Gasteiger partial charge is 0.0366 e. The van der Waals surface area contributed by atoms with Crippen molar-refractivity contribution in [3.63, 3.8) is 0 Å². The number of rotatable bonds is 5. The first-order valence-corrected chi connectivity index (χ1v) is 8.25. The summed E-state index contributed by atoms with van der Waals surface area (Å²) in [5.41, 5.74) is 1.39. The molecule has 1 aromatic carbocycles. The number of nitrogens with zero attached hydrogens (tertiary/aromatic N) is 1. The van der Waals surface area contributed by atoms with E-state index in [0.29, 0.717) is 6.04 Å². The molecule has 0 bridgehead atoms. The van der Waals surface area contributed by atoms with Crippen molar-refractivity contribution < 1.29 is 0 Å². The van der Waals surface area contributed by atoms with Crippen molar-refractivity contribution in [2.45, 2.75) is 39.2 Å².